The number of nitrogens with zero attached hydrogens (tertiary/aromatic N) is 2. The van der Waals surface area contributed by atoms with E-state index in [1.165, 1.54) is 11.0 Å². The lowest BCUT2D eigenvalue weighted by molar-refractivity contribution is -0.138. The zero-order chi connectivity index (χ0) is 36.4. The molecule has 4 aliphatic rings. The molecule has 0 aromatic heterocycles. The molecule has 12 heteroatoms. The van der Waals surface area contributed by atoms with Gasteiger partial charge in [-0.25, -0.2) is 0 Å². The number of benzene rings is 4. The smallest absolute Gasteiger partial charge is 0.254 e. The van der Waals surface area contributed by atoms with Gasteiger partial charge >= 0.3 is 0 Å². The maximum absolute atomic E-state index is 14.4. The van der Waals surface area contributed by atoms with E-state index in [9.17, 15) is 24.3 Å². The Bertz CT molecular complexity index is 2130. The number of anilines is 3. The molecule has 2 heterocycles. The summed E-state index contributed by atoms with van der Waals surface area (Å²) < 4.78 is 5.94. The summed E-state index contributed by atoms with van der Waals surface area (Å²) in [5, 5.41) is 14.9. The number of nitrogens with one attached hydrogen (secondary N) is 1. The number of hydrogen-bond donors (Lipinski definition) is 2. The van der Waals surface area contributed by atoms with E-state index in [-0.39, 0.29) is 42.1 Å². The molecule has 6 unspecified atom stereocenters. The van der Waals surface area contributed by atoms with Crippen molar-refractivity contribution in [1.82, 2.24) is 4.90 Å². The Kier molecular flexibility index (Phi) is 8.67. The molecule has 4 amide bonds. The summed E-state index contributed by atoms with van der Waals surface area (Å²) in [6.07, 6.45) is 1.89. The fraction of sp³-hybridized carbons (Fsp3) is 0.250. The lowest BCUT2D eigenvalue weighted by Crippen LogP contribution is -2.60. The number of para-hydroxylation sites is 1. The van der Waals surface area contributed by atoms with E-state index in [0.29, 0.717) is 17.0 Å². The number of carbonyl (C=O) groups excluding carboxylic acids is 4. The van der Waals surface area contributed by atoms with Crippen molar-refractivity contribution in [2.75, 3.05) is 15.7 Å². The molecule has 3 fully saturated rings. The number of carbonyl (C=O) groups is 4. The highest BCUT2D eigenvalue weighted by atomic mass is 79.9. The van der Waals surface area contributed by atoms with Gasteiger partial charge in [-0.2, -0.15) is 0 Å². The standard InChI is InChI=1S/C40H32BrCl2N3O6/c41-22-45-37(50)39(42)20-31-28(34(40(39,43)38(45)51)29-16-15-27(19-32(29)47)52-21-23-7-3-1-4-8-23)17-18-30-33(31)36(49)46(35(30)48)26-13-11-25(12-14-26)44-24-9-5-2-6-10-24/h1-17,19,30-31,33-34,44,47H,18,20-22H2. The number of aromatic hydroxyl groups is 1. The number of amides is 4. The highest BCUT2D eigenvalue weighted by Crippen LogP contribution is 2.66. The number of halogens is 3. The lowest BCUT2D eigenvalue weighted by atomic mass is 9.56. The predicted molar refractivity (Wildman–Crippen MR) is 201 cm³/mol. The van der Waals surface area contributed by atoms with E-state index in [2.05, 4.69) is 21.2 Å². The molecule has 1 saturated carbocycles. The Morgan fingerprint density at radius 2 is 1.50 bits per heavy atom. The third kappa shape index (κ3) is 5.25. The van der Waals surface area contributed by atoms with Crippen molar-refractivity contribution < 1.29 is 29.0 Å². The van der Waals surface area contributed by atoms with Crippen LogP contribution in [0.2, 0.25) is 0 Å². The molecule has 4 aromatic rings. The number of hydrogen-bond acceptors (Lipinski definition) is 7. The zero-order valence-corrected chi connectivity index (χ0v) is 30.6. The molecule has 0 bridgehead atoms. The van der Waals surface area contributed by atoms with Crippen molar-refractivity contribution in [3.05, 3.63) is 126 Å². The van der Waals surface area contributed by atoms with Crippen LogP contribution >= 0.6 is 39.1 Å². The number of imide groups is 2. The number of allylic oxidation sites excluding steroid dienone is 2. The first kappa shape index (κ1) is 34.4. The molecule has 4 aromatic carbocycles. The summed E-state index contributed by atoms with van der Waals surface area (Å²) in [7, 11) is 0. The Balaban J connectivity index is 1.15. The number of likely N-dealkylation sites (tertiary alicyclic amines) is 1. The van der Waals surface area contributed by atoms with Crippen molar-refractivity contribution in [1.29, 1.82) is 0 Å². The summed E-state index contributed by atoms with van der Waals surface area (Å²) in [5.41, 5.74) is 3.73. The second-order valence-electron chi connectivity index (χ2n) is 13.5. The van der Waals surface area contributed by atoms with Crippen molar-refractivity contribution in [3.8, 4) is 11.5 Å². The van der Waals surface area contributed by atoms with Crippen molar-refractivity contribution in [2.24, 2.45) is 17.8 Å². The fourth-order valence-electron chi connectivity index (χ4n) is 8.33. The molecule has 264 valence electrons. The fourth-order valence-corrected chi connectivity index (χ4v) is 9.75. The van der Waals surface area contributed by atoms with Crippen LogP contribution in [0, 0.1) is 17.8 Å². The van der Waals surface area contributed by atoms with E-state index in [0.717, 1.165) is 21.8 Å². The molecule has 6 atom stereocenters. The van der Waals surface area contributed by atoms with Gasteiger partial charge in [0.25, 0.3) is 11.8 Å². The van der Waals surface area contributed by atoms with E-state index in [1.807, 2.05) is 66.7 Å². The highest BCUT2D eigenvalue weighted by molar-refractivity contribution is 9.09. The number of ether oxygens (including phenoxy) is 1. The summed E-state index contributed by atoms with van der Waals surface area (Å²) in [6.45, 7) is 0.260. The van der Waals surface area contributed by atoms with Crippen LogP contribution in [-0.4, -0.2) is 48.8 Å². The average molecular weight is 802 g/mol. The maximum Gasteiger partial charge on any atom is 0.254 e. The summed E-state index contributed by atoms with van der Waals surface area (Å²) in [5.74, 6) is -5.42. The minimum atomic E-state index is -2.04. The van der Waals surface area contributed by atoms with E-state index >= 15 is 0 Å². The number of alkyl halides is 3. The Hall–Kier alpha value is -4.64. The van der Waals surface area contributed by atoms with Crippen LogP contribution in [0.4, 0.5) is 17.1 Å². The lowest BCUT2D eigenvalue weighted by Gasteiger charge is -2.50. The zero-order valence-electron chi connectivity index (χ0n) is 27.5. The van der Waals surface area contributed by atoms with Gasteiger partial charge in [0, 0.05) is 28.9 Å². The molecule has 2 saturated heterocycles. The van der Waals surface area contributed by atoms with Crippen LogP contribution < -0.4 is 15.0 Å². The second kappa shape index (κ2) is 13.1. The van der Waals surface area contributed by atoms with Gasteiger partial charge in [0.05, 0.1) is 23.0 Å². The van der Waals surface area contributed by atoms with Crippen LogP contribution in [-0.2, 0) is 25.8 Å². The molecular formula is C40H32BrCl2N3O6. The van der Waals surface area contributed by atoms with Gasteiger partial charge < -0.3 is 15.2 Å². The molecule has 0 spiro atoms. The normalized spacial score (nSPS) is 27.9. The van der Waals surface area contributed by atoms with E-state index in [4.69, 9.17) is 27.9 Å². The molecule has 2 aliphatic carbocycles. The monoisotopic (exact) mass is 799 g/mol. The van der Waals surface area contributed by atoms with Crippen molar-refractivity contribution >= 4 is 79.8 Å². The Morgan fingerprint density at radius 1 is 0.827 bits per heavy atom. The van der Waals surface area contributed by atoms with Gasteiger partial charge in [0.15, 0.2) is 9.75 Å². The van der Waals surface area contributed by atoms with Crippen LogP contribution in [0.25, 0.3) is 0 Å². The number of fused-ring (bicyclic) bond motifs is 4. The molecule has 0 radical (unpaired) electrons. The molecule has 9 nitrogen and oxygen atoms in total. The quantitative estimate of drug-likeness (QED) is 0.0815. The molecule has 52 heavy (non-hydrogen) atoms. The first-order chi connectivity index (χ1) is 25.1. The highest BCUT2D eigenvalue weighted by Gasteiger charge is 2.76. The minimum Gasteiger partial charge on any atom is -0.508 e. The predicted octanol–water partition coefficient (Wildman–Crippen LogP) is 7.63. The summed E-state index contributed by atoms with van der Waals surface area (Å²) in [4.78, 5) is 54.7. The first-order valence-electron chi connectivity index (χ1n) is 16.9. The van der Waals surface area contributed by atoms with E-state index < -0.39 is 51.1 Å². The van der Waals surface area contributed by atoms with Gasteiger partial charge in [-0.05, 0) is 66.8 Å². The maximum atomic E-state index is 14.4. The minimum absolute atomic E-state index is 0.144. The molecule has 2 N–H and O–H groups in total. The van der Waals surface area contributed by atoms with Crippen molar-refractivity contribution in [3.63, 3.8) is 0 Å². The Labute approximate surface area is 318 Å². The van der Waals surface area contributed by atoms with Crippen LogP contribution in [0.5, 0.6) is 11.5 Å². The van der Waals surface area contributed by atoms with Gasteiger partial charge in [-0.15, -0.1) is 23.2 Å². The largest absolute Gasteiger partial charge is 0.508 e. The average Bonchev–Trinajstić information content (AvgIpc) is 3.49. The molecule has 2 aliphatic heterocycles. The number of phenolic OH excluding ortho intramolecular Hbond substituents is 1. The number of phenols is 1. The van der Waals surface area contributed by atoms with Gasteiger partial charge in [-0.3, -0.25) is 29.0 Å². The Morgan fingerprint density at radius 3 is 2.17 bits per heavy atom. The second-order valence-corrected chi connectivity index (χ2v) is 15.3. The van der Waals surface area contributed by atoms with Crippen LogP contribution in [0.3, 0.4) is 0 Å². The topological polar surface area (TPSA) is 116 Å². The van der Waals surface area contributed by atoms with Gasteiger partial charge in [0.1, 0.15) is 18.1 Å². The van der Waals surface area contributed by atoms with Crippen LogP contribution in [0.15, 0.2) is 115 Å². The molecular weight excluding hydrogens is 769 g/mol. The summed E-state index contributed by atoms with van der Waals surface area (Å²) in [6, 6.07) is 30.9. The third-order valence-corrected chi connectivity index (χ3v) is 12.7. The third-order valence-electron chi connectivity index (χ3n) is 10.8. The van der Waals surface area contributed by atoms with Crippen molar-refractivity contribution in [2.45, 2.75) is 35.1 Å². The van der Waals surface area contributed by atoms with Gasteiger partial charge in [-0.1, -0.05) is 82.2 Å². The van der Waals surface area contributed by atoms with Gasteiger partial charge in [0.2, 0.25) is 11.8 Å². The summed E-state index contributed by atoms with van der Waals surface area (Å²) >= 11 is 17.9. The number of rotatable bonds is 8. The SMILES string of the molecule is O=C1C2CC=C3C(CC4(Cl)C(=O)N(CBr)C(=O)C4(Cl)C3c3ccc(OCc4ccccc4)cc3O)C2C(=O)N1c1ccc(Nc2ccccc2)cc1. The molecule has 8 rings (SSSR count). The van der Waals surface area contributed by atoms with E-state index in [1.54, 1.807) is 36.4 Å². The van der Waals surface area contributed by atoms with Crippen LogP contribution in [0.1, 0.15) is 29.9 Å². The first-order valence-corrected chi connectivity index (χ1v) is 18.7.